The van der Waals surface area contributed by atoms with Gasteiger partial charge in [-0.1, -0.05) is 29.6 Å². The third kappa shape index (κ3) is 6.20. The molecule has 3 aromatic heterocycles. The highest BCUT2D eigenvalue weighted by Gasteiger charge is 2.24. The Morgan fingerprint density at radius 1 is 1.11 bits per heavy atom. The Morgan fingerprint density at radius 3 is 2.50 bits per heavy atom. The summed E-state index contributed by atoms with van der Waals surface area (Å²) >= 11 is 7.23. The van der Waals surface area contributed by atoms with Gasteiger partial charge >= 0.3 is 0 Å². The third-order valence-corrected chi connectivity index (χ3v) is 8.17. The van der Waals surface area contributed by atoms with Gasteiger partial charge in [-0.2, -0.15) is 0 Å². The average molecular weight is 639 g/mol. The van der Waals surface area contributed by atoms with E-state index in [0.29, 0.717) is 53.9 Å². The van der Waals surface area contributed by atoms with E-state index in [1.807, 2.05) is 19.9 Å². The molecule has 5 rings (SSSR count). The van der Waals surface area contributed by atoms with E-state index in [4.69, 9.17) is 16.6 Å². The van der Waals surface area contributed by atoms with Gasteiger partial charge in [-0.25, -0.2) is 19.3 Å². The molecule has 4 heterocycles. The lowest BCUT2D eigenvalue weighted by atomic mass is 10.0. The van der Waals surface area contributed by atoms with Crippen molar-refractivity contribution >= 4 is 57.8 Å². The molecule has 0 aliphatic carbocycles. The first-order valence-corrected chi connectivity index (χ1v) is 15.5. The number of anilines is 2. The zero-order chi connectivity index (χ0) is 31.7. The van der Waals surface area contributed by atoms with Crippen LogP contribution in [0, 0.1) is 12.7 Å². The number of pyridine rings is 2. The number of aryl methyl sites for hydroxylation is 1. The molecule has 2 N–H and O–H groups in total. The van der Waals surface area contributed by atoms with Crippen LogP contribution in [-0.2, 0) is 11.8 Å². The number of amides is 2. The van der Waals surface area contributed by atoms with E-state index in [2.05, 4.69) is 20.0 Å². The Morgan fingerprint density at radius 2 is 1.84 bits per heavy atom. The first kappa shape index (κ1) is 31.2. The molecule has 0 bridgehead atoms. The fourth-order valence-electron chi connectivity index (χ4n) is 5.34. The van der Waals surface area contributed by atoms with Crippen LogP contribution in [0.1, 0.15) is 41.5 Å². The number of fused-ring (bicyclic) bond motifs is 1. The predicted octanol–water partition coefficient (Wildman–Crippen LogP) is 4.34. The molecule has 2 amide bonds. The quantitative estimate of drug-likeness (QED) is 0.225. The summed E-state index contributed by atoms with van der Waals surface area (Å²) in [6.45, 7) is 7.20. The largest absolute Gasteiger partial charge is 0.377 e. The summed E-state index contributed by atoms with van der Waals surface area (Å²) in [5.74, 6) is -0.514. The van der Waals surface area contributed by atoms with E-state index < -0.39 is 17.8 Å². The first-order valence-electron chi connectivity index (χ1n) is 13.9. The number of piperazine rings is 1. The molecule has 1 fully saturated rings. The summed E-state index contributed by atoms with van der Waals surface area (Å²) in [5, 5.41) is 3.91. The summed E-state index contributed by atoms with van der Waals surface area (Å²) in [5.41, 5.74) is 2.64. The number of hydrogen-bond donors (Lipinski definition) is 2. The lowest BCUT2D eigenvalue weighted by Crippen LogP contribution is -2.48. The molecule has 1 unspecified atom stereocenters. The summed E-state index contributed by atoms with van der Waals surface area (Å²) in [6, 6.07) is 7.87. The standard InChI is InChI=1S/C30H32ClFN8O3S/c1-16-12-20(17(2)34-23-6-7-24(31)35-26(23)29(42)37-44-5)25-21(13-16)30(43)38(4)27(36-25)19-14-22(32)28(33-15-19)40-10-8-39(9-11-40)18(3)41/h6-7,12-15,17,34H,8-11H2,1-5H3,(H,37,42). The van der Waals surface area contributed by atoms with Gasteiger partial charge in [0.2, 0.25) is 5.91 Å². The second-order valence-corrected chi connectivity index (χ2v) is 11.6. The minimum absolute atomic E-state index is 0.0119. The van der Waals surface area contributed by atoms with Crippen molar-refractivity contribution in [2.75, 3.05) is 42.7 Å². The molecule has 1 aliphatic rings. The van der Waals surface area contributed by atoms with Crippen LogP contribution in [0.4, 0.5) is 15.9 Å². The smallest absolute Gasteiger partial charge is 0.281 e. The average Bonchev–Trinajstić information content (AvgIpc) is 2.99. The molecule has 0 saturated carbocycles. The van der Waals surface area contributed by atoms with Crippen LogP contribution in [0.25, 0.3) is 22.3 Å². The fraction of sp³-hybridized carbons (Fsp3) is 0.333. The zero-order valence-corrected chi connectivity index (χ0v) is 26.5. The molecule has 1 atom stereocenters. The molecule has 1 aliphatic heterocycles. The molecular weight excluding hydrogens is 607 g/mol. The minimum atomic E-state index is -0.543. The highest BCUT2D eigenvalue weighted by atomic mass is 35.5. The van der Waals surface area contributed by atoms with Crippen molar-refractivity contribution in [3.05, 3.63) is 74.7 Å². The topological polar surface area (TPSA) is 125 Å². The van der Waals surface area contributed by atoms with E-state index in [1.54, 1.807) is 41.3 Å². The lowest BCUT2D eigenvalue weighted by molar-refractivity contribution is -0.129. The number of hydrogen-bond acceptors (Lipinski definition) is 9. The van der Waals surface area contributed by atoms with E-state index in [1.165, 1.54) is 23.8 Å². The van der Waals surface area contributed by atoms with Crippen LogP contribution in [0.2, 0.25) is 5.15 Å². The number of nitrogens with zero attached hydrogens (tertiary/aromatic N) is 6. The summed E-state index contributed by atoms with van der Waals surface area (Å²) in [6.07, 6.45) is 3.24. The van der Waals surface area contributed by atoms with Gasteiger partial charge in [0.15, 0.2) is 17.3 Å². The van der Waals surface area contributed by atoms with Gasteiger partial charge in [-0.3, -0.25) is 23.7 Å². The van der Waals surface area contributed by atoms with E-state index in [0.717, 1.165) is 17.5 Å². The maximum Gasteiger partial charge on any atom is 0.281 e. The summed E-state index contributed by atoms with van der Waals surface area (Å²) < 4.78 is 19.5. The van der Waals surface area contributed by atoms with Crippen molar-refractivity contribution in [3.8, 4) is 11.4 Å². The van der Waals surface area contributed by atoms with Crippen molar-refractivity contribution in [3.63, 3.8) is 0 Å². The van der Waals surface area contributed by atoms with Crippen molar-refractivity contribution < 1.29 is 14.0 Å². The minimum Gasteiger partial charge on any atom is -0.377 e. The van der Waals surface area contributed by atoms with Gasteiger partial charge < -0.3 is 15.1 Å². The van der Waals surface area contributed by atoms with E-state index in [-0.39, 0.29) is 34.0 Å². The Kier molecular flexibility index (Phi) is 9.07. The number of carbonyl (C=O) groups excluding carboxylic acids is 2. The van der Waals surface area contributed by atoms with Gasteiger partial charge in [0.25, 0.3) is 11.5 Å². The van der Waals surface area contributed by atoms with Crippen molar-refractivity contribution in [2.24, 2.45) is 7.05 Å². The maximum atomic E-state index is 15.5. The number of nitrogens with one attached hydrogen (secondary N) is 2. The van der Waals surface area contributed by atoms with Gasteiger partial charge in [0.05, 0.1) is 22.6 Å². The predicted molar refractivity (Wildman–Crippen MR) is 172 cm³/mol. The van der Waals surface area contributed by atoms with Crippen LogP contribution in [0.15, 0.2) is 41.3 Å². The normalized spacial score (nSPS) is 14.1. The molecule has 0 radical (unpaired) electrons. The maximum absolute atomic E-state index is 15.5. The molecular formula is C30H32ClFN8O3S. The molecule has 230 valence electrons. The van der Waals surface area contributed by atoms with Crippen LogP contribution in [0.3, 0.4) is 0 Å². The Bertz CT molecular complexity index is 1830. The van der Waals surface area contributed by atoms with Crippen LogP contribution >= 0.6 is 23.5 Å². The molecule has 11 nitrogen and oxygen atoms in total. The van der Waals surface area contributed by atoms with Gasteiger partial charge in [-0.05, 0) is 43.7 Å². The van der Waals surface area contributed by atoms with Crippen molar-refractivity contribution in [1.29, 1.82) is 0 Å². The first-order chi connectivity index (χ1) is 21.0. The Balaban J connectivity index is 1.53. The Hall–Kier alpha value is -4.23. The molecule has 14 heteroatoms. The van der Waals surface area contributed by atoms with Gasteiger partial charge in [-0.15, -0.1) is 0 Å². The highest BCUT2D eigenvalue weighted by Crippen LogP contribution is 2.30. The SMILES string of the molecule is CSNC(=O)c1nc(Cl)ccc1NC(C)c1cc(C)cc2c(=O)n(C)c(-c3cnc(N4CCN(C(C)=O)CC4)c(F)c3)nc12. The summed E-state index contributed by atoms with van der Waals surface area (Å²) in [4.78, 5) is 54.9. The number of halogens is 2. The summed E-state index contributed by atoms with van der Waals surface area (Å²) in [7, 11) is 1.59. The fourth-order valence-corrected chi connectivity index (χ4v) is 5.77. The van der Waals surface area contributed by atoms with Crippen molar-refractivity contribution in [1.82, 2.24) is 29.1 Å². The van der Waals surface area contributed by atoms with Gasteiger partial charge in [0, 0.05) is 63.7 Å². The highest BCUT2D eigenvalue weighted by molar-refractivity contribution is 7.97. The second kappa shape index (κ2) is 12.8. The number of rotatable bonds is 7. The van der Waals surface area contributed by atoms with Crippen molar-refractivity contribution in [2.45, 2.75) is 26.8 Å². The monoisotopic (exact) mass is 638 g/mol. The Labute approximate surface area is 263 Å². The zero-order valence-electron chi connectivity index (χ0n) is 24.9. The molecule has 1 saturated heterocycles. The number of carbonyl (C=O) groups is 2. The van der Waals surface area contributed by atoms with E-state index >= 15 is 4.39 Å². The van der Waals surface area contributed by atoms with Gasteiger partial charge in [0.1, 0.15) is 11.0 Å². The third-order valence-electron chi connectivity index (χ3n) is 7.57. The van der Waals surface area contributed by atoms with Crippen LogP contribution in [-0.4, -0.2) is 68.7 Å². The van der Waals surface area contributed by atoms with Crippen LogP contribution in [0.5, 0.6) is 0 Å². The van der Waals surface area contributed by atoms with Crippen LogP contribution < -0.4 is 20.5 Å². The number of aromatic nitrogens is 4. The lowest BCUT2D eigenvalue weighted by Gasteiger charge is -2.35. The van der Waals surface area contributed by atoms with E-state index in [9.17, 15) is 14.4 Å². The second-order valence-electron chi connectivity index (χ2n) is 10.6. The number of benzene rings is 1. The molecule has 4 aromatic rings. The molecule has 1 aromatic carbocycles. The molecule has 0 spiro atoms. The molecule has 44 heavy (non-hydrogen) atoms.